The average molecular weight is 216 g/mol. The van der Waals surface area contributed by atoms with Crippen molar-refractivity contribution in [2.75, 3.05) is 24.6 Å². The molecule has 4 heteroatoms. The van der Waals surface area contributed by atoms with E-state index >= 15 is 0 Å². The van der Waals surface area contributed by atoms with E-state index in [4.69, 9.17) is 4.78 Å². The minimum absolute atomic E-state index is 0.437. The Balaban J connectivity index is 1.92. The molecule has 0 atom stereocenters. The van der Waals surface area contributed by atoms with Gasteiger partial charge in [0.2, 0.25) is 0 Å². The minimum Gasteiger partial charge on any atom is -0.300 e. The summed E-state index contributed by atoms with van der Waals surface area (Å²) in [6.45, 7) is 6.78. The Morgan fingerprint density at radius 3 is 2.21 bits per heavy atom. The summed E-state index contributed by atoms with van der Waals surface area (Å²) >= 11 is 0. The van der Waals surface area contributed by atoms with Gasteiger partial charge in [0.15, 0.2) is 0 Å². The van der Waals surface area contributed by atoms with E-state index < -0.39 is 9.73 Å². The van der Waals surface area contributed by atoms with Crippen molar-refractivity contribution in [2.24, 2.45) is 5.41 Å². The summed E-state index contributed by atoms with van der Waals surface area (Å²) in [7, 11) is -2.19. The molecule has 2 heterocycles. The molecule has 0 aliphatic carbocycles. The van der Waals surface area contributed by atoms with Gasteiger partial charge in [-0.25, -0.2) is 4.21 Å². The van der Waals surface area contributed by atoms with E-state index in [1.165, 1.54) is 13.1 Å². The Hall–Kier alpha value is -0.0900. The van der Waals surface area contributed by atoms with Gasteiger partial charge in [0.25, 0.3) is 0 Å². The predicted octanol–water partition coefficient (Wildman–Crippen LogP) is 1.54. The standard InChI is InChI=1S/C10H20N2OS/c1-9(2)12-7-10(8-12)3-5-14(11,13)6-4-10/h9,11H,3-8H2,1-2H3. The van der Waals surface area contributed by atoms with Gasteiger partial charge in [-0.3, -0.25) is 9.68 Å². The molecule has 2 fully saturated rings. The van der Waals surface area contributed by atoms with Crippen molar-refractivity contribution in [1.29, 1.82) is 4.78 Å². The fourth-order valence-electron chi connectivity index (χ4n) is 2.49. The smallest absolute Gasteiger partial charge is 0.0441 e. The zero-order valence-corrected chi connectivity index (χ0v) is 9.90. The fraction of sp³-hybridized carbons (Fsp3) is 1.00. The first kappa shape index (κ1) is 10.4. The van der Waals surface area contributed by atoms with Gasteiger partial charge in [-0.05, 0) is 32.1 Å². The third-order valence-electron chi connectivity index (χ3n) is 3.73. The van der Waals surface area contributed by atoms with Crippen molar-refractivity contribution in [3.05, 3.63) is 0 Å². The van der Waals surface area contributed by atoms with E-state index in [2.05, 4.69) is 18.7 Å². The highest BCUT2D eigenvalue weighted by Crippen LogP contribution is 2.41. The zero-order valence-electron chi connectivity index (χ0n) is 9.08. The van der Waals surface area contributed by atoms with Crippen LogP contribution in [0.15, 0.2) is 0 Å². The Morgan fingerprint density at radius 2 is 1.79 bits per heavy atom. The molecule has 0 saturated carbocycles. The summed E-state index contributed by atoms with van der Waals surface area (Å²) < 4.78 is 19.1. The molecule has 0 aromatic heterocycles. The van der Waals surface area contributed by atoms with Crippen LogP contribution >= 0.6 is 0 Å². The summed E-state index contributed by atoms with van der Waals surface area (Å²) in [5.74, 6) is 1.28. The quantitative estimate of drug-likeness (QED) is 0.722. The lowest BCUT2D eigenvalue weighted by Gasteiger charge is -2.54. The SMILES string of the molecule is CC(C)N1CC2(CCS(=N)(=O)CC2)C1. The van der Waals surface area contributed by atoms with Gasteiger partial charge in [0.1, 0.15) is 0 Å². The molecule has 0 aromatic carbocycles. The number of rotatable bonds is 1. The first-order valence-electron chi connectivity index (χ1n) is 5.41. The molecule has 1 spiro atoms. The lowest BCUT2D eigenvalue weighted by atomic mass is 9.74. The highest BCUT2D eigenvalue weighted by molar-refractivity contribution is 7.92. The lowest BCUT2D eigenvalue weighted by molar-refractivity contribution is -0.0282. The molecule has 0 unspecified atom stereocenters. The van der Waals surface area contributed by atoms with Crippen molar-refractivity contribution in [3.63, 3.8) is 0 Å². The van der Waals surface area contributed by atoms with Gasteiger partial charge in [-0.2, -0.15) is 0 Å². The van der Waals surface area contributed by atoms with Crippen LogP contribution in [0.2, 0.25) is 0 Å². The molecule has 0 amide bonds. The molecule has 82 valence electrons. The molecular formula is C10H20N2OS. The summed E-state index contributed by atoms with van der Waals surface area (Å²) in [6.07, 6.45) is 2.02. The molecular weight excluding hydrogens is 196 g/mol. The second-order valence-corrected chi connectivity index (χ2v) is 7.66. The number of hydrogen-bond acceptors (Lipinski definition) is 3. The van der Waals surface area contributed by atoms with E-state index in [0.29, 0.717) is 23.0 Å². The van der Waals surface area contributed by atoms with Crippen LogP contribution in [-0.2, 0) is 9.73 Å². The molecule has 2 aliphatic rings. The summed E-state index contributed by atoms with van der Waals surface area (Å²) in [5, 5.41) is 0. The average Bonchev–Trinajstić information content (AvgIpc) is 2.00. The third-order valence-corrected chi connectivity index (χ3v) is 5.46. The molecule has 0 bridgehead atoms. The maximum Gasteiger partial charge on any atom is 0.0441 e. The maximum absolute atomic E-state index is 11.5. The van der Waals surface area contributed by atoms with Crippen molar-refractivity contribution in [3.8, 4) is 0 Å². The largest absolute Gasteiger partial charge is 0.300 e. The molecule has 2 rings (SSSR count). The Bertz CT molecular complexity index is 299. The number of nitrogens with one attached hydrogen (secondary N) is 1. The topological polar surface area (TPSA) is 44.2 Å². The van der Waals surface area contributed by atoms with Crippen LogP contribution < -0.4 is 0 Å². The number of nitrogens with zero attached hydrogens (tertiary/aromatic N) is 1. The van der Waals surface area contributed by atoms with Crippen LogP contribution in [0.4, 0.5) is 0 Å². The van der Waals surface area contributed by atoms with Gasteiger partial charge in [-0.15, -0.1) is 0 Å². The van der Waals surface area contributed by atoms with Crippen molar-refractivity contribution >= 4 is 9.73 Å². The fourth-order valence-corrected chi connectivity index (χ4v) is 4.22. The molecule has 0 radical (unpaired) electrons. The van der Waals surface area contributed by atoms with E-state index in [1.54, 1.807) is 0 Å². The number of hydrogen-bond donors (Lipinski definition) is 1. The van der Waals surface area contributed by atoms with Gasteiger partial charge in [0.05, 0.1) is 0 Å². The highest BCUT2D eigenvalue weighted by atomic mass is 32.2. The minimum atomic E-state index is -2.19. The van der Waals surface area contributed by atoms with Gasteiger partial charge < -0.3 is 0 Å². The summed E-state index contributed by atoms with van der Waals surface area (Å²) in [5.41, 5.74) is 0.437. The molecule has 0 aromatic rings. The summed E-state index contributed by atoms with van der Waals surface area (Å²) in [4.78, 5) is 2.47. The van der Waals surface area contributed by atoms with Crippen molar-refractivity contribution in [1.82, 2.24) is 4.90 Å². The van der Waals surface area contributed by atoms with E-state index in [0.717, 1.165) is 12.8 Å². The van der Waals surface area contributed by atoms with Crippen LogP contribution in [0.25, 0.3) is 0 Å². The Morgan fingerprint density at radius 1 is 1.29 bits per heavy atom. The van der Waals surface area contributed by atoms with Gasteiger partial charge in [-0.1, -0.05) is 0 Å². The van der Waals surface area contributed by atoms with Gasteiger partial charge in [0, 0.05) is 40.4 Å². The first-order valence-corrected chi connectivity index (χ1v) is 7.30. The van der Waals surface area contributed by atoms with Crippen LogP contribution in [0.3, 0.4) is 0 Å². The van der Waals surface area contributed by atoms with E-state index in [-0.39, 0.29) is 0 Å². The number of likely N-dealkylation sites (tertiary alicyclic amines) is 1. The second-order valence-electron chi connectivity index (χ2n) is 5.22. The maximum atomic E-state index is 11.5. The Labute approximate surface area is 86.8 Å². The highest BCUT2D eigenvalue weighted by Gasteiger charge is 2.45. The second kappa shape index (κ2) is 3.20. The van der Waals surface area contributed by atoms with Gasteiger partial charge >= 0.3 is 0 Å². The van der Waals surface area contributed by atoms with Crippen LogP contribution in [-0.4, -0.2) is 39.7 Å². The summed E-state index contributed by atoms with van der Waals surface area (Å²) in [6, 6.07) is 0.642. The lowest BCUT2D eigenvalue weighted by Crippen LogP contribution is -2.60. The normalized spacial score (nSPS) is 30.5. The van der Waals surface area contributed by atoms with Crippen LogP contribution in [0.5, 0.6) is 0 Å². The van der Waals surface area contributed by atoms with Crippen molar-refractivity contribution < 1.29 is 4.21 Å². The monoisotopic (exact) mass is 216 g/mol. The van der Waals surface area contributed by atoms with Crippen LogP contribution in [0.1, 0.15) is 26.7 Å². The Kier molecular flexibility index (Phi) is 2.39. The molecule has 2 saturated heterocycles. The molecule has 2 aliphatic heterocycles. The van der Waals surface area contributed by atoms with Crippen LogP contribution in [0, 0.1) is 10.2 Å². The molecule has 14 heavy (non-hydrogen) atoms. The zero-order chi connectivity index (χ0) is 10.4. The third kappa shape index (κ3) is 1.82. The molecule has 3 nitrogen and oxygen atoms in total. The molecule has 1 N–H and O–H groups in total. The predicted molar refractivity (Wildman–Crippen MR) is 59.0 cm³/mol. The van der Waals surface area contributed by atoms with E-state index in [1.807, 2.05) is 0 Å². The van der Waals surface area contributed by atoms with E-state index in [9.17, 15) is 4.21 Å². The first-order chi connectivity index (χ1) is 6.43. The van der Waals surface area contributed by atoms with Crippen molar-refractivity contribution in [2.45, 2.75) is 32.7 Å².